The first-order valence-electron chi connectivity index (χ1n) is 11.1. The molecule has 4 rings (SSSR count). The molecule has 38 heavy (non-hydrogen) atoms. The van der Waals surface area contributed by atoms with Gasteiger partial charge in [0.2, 0.25) is 6.41 Å². The molecule has 3 heterocycles. The molecule has 14 heteroatoms. The lowest BCUT2D eigenvalue weighted by atomic mass is 10.0. The molecule has 2 N–H and O–H groups in total. The van der Waals surface area contributed by atoms with Crippen LogP contribution in [0.1, 0.15) is 11.3 Å². The number of nitrogens with one attached hydrogen (secondary N) is 2. The van der Waals surface area contributed by atoms with E-state index in [1.54, 1.807) is 31.4 Å². The molecule has 1 fully saturated rings. The molecular weight excluding hydrogens is 534 g/mol. The van der Waals surface area contributed by atoms with Gasteiger partial charge in [-0.15, -0.1) is 23.1 Å². The van der Waals surface area contributed by atoms with Crippen LogP contribution in [0.2, 0.25) is 0 Å². The quantitative estimate of drug-likeness (QED) is 0.138. The predicted octanol–water partition coefficient (Wildman–Crippen LogP) is 1.65. The Morgan fingerprint density at radius 1 is 1.29 bits per heavy atom. The summed E-state index contributed by atoms with van der Waals surface area (Å²) in [5.41, 5.74) is 1.40. The lowest BCUT2D eigenvalue weighted by molar-refractivity contribution is -0.153. The van der Waals surface area contributed by atoms with E-state index in [-0.39, 0.29) is 28.8 Å². The lowest BCUT2D eigenvalue weighted by Crippen LogP contribution is -2.71. The number of thiazole rings is 1. The van der Waals surface area contributed by atoms with Gasteiger partial charge >= 0.3 is 5.97 Å². The highest BCUT2D eigenvalue weighted by molar-refractivity contribution is 8.00. The van der Waals surface area contributed by atoms with Crippen molar-refractivity contribution in [3.63, 3.8) is 0 Å². The van der Waals surface area contributed by atoms with Gasteiger partial charge in [0.25, 0.3) is 11.8 Å². The molecule has 0 radical (unpaired) electrons. The molecule has 1 saturated heterocycles. The summed E-state index contributed by atoms with van der Waals surface area (Å²) < 4.78 is 10.6. The number of hydrogen-bond donors (Lipinski definition) is 2. The number of fused-ring (bicyclic) bond motifs is 1. The smallest absolute Gasteiger partial charge is 0.355 e. The van der Waals surface area contributed by atoms with Crippen molar-refractivity contribution in [3.05, 3.63) is 64.8 Å². The van der Waals surface area contributed by atoms with Gasteiger partial charge in [-0.25, -0.2) is 9.78 Å². The van der Waals surface area contributed by atoms with Gasteiger partial charge in [0.05, 0.1) is 7.11 Å². The summed E-state index contributed by atoms with van der Waals surface area (Å²) in [5.74, 6) is -0.781. The molecule has 2 aliphatic heterocycles. The second-order valence-electron chi connectivity index (χ2n) is 7.79. The zero-order valence-corrected chi connectivity index (χ0v) is 22.0. The van der Waals surface area contributed by atoms with Crippen LogP contribution < -0.4 is 15.4 Å². The SMILES string of the molecule is C=CC1=C(C(=O)OCc2ccc(OC)cc2)N2C(=O)C(NC(=O)/C(=N\OC)c3csc(NC=O)n3)[C@H]2SC1. The van der Waals surface area contributed by atoms with Crippen molar-refractivity contribution in [2.75, 3.05) is 25.3 Å². The zero-order chi connectivity index (χ0) is 27.2. The minimum absolute atomic E-state index is 0.00217. The zero-order valence-electron chi connectivity index (χ0n) is 20.3. The summed E-state index contributed by atoms with van der Waals surface area (Å²) in [6.45, 7) is 3.76. The number of nitrogens with zero attached hydrogens (tertiary/aromatic N) is 3. The van der Waals surface area contributed by atoms with Gasteiger partial charge in [0.1, 0.15) is 42.3 Å². The molecule has 2 aromatic rings. The Morgan fingerprint density at radius 2 is 2.05 bits per heavy atom. The summed E-state index contributed by atoms with van der Waals surface area (Å²) in [5, 5.41) is 10.0. The normalized spacial score (nSPS) is 18.6. The molecule has 0 spiro atoms. The number of aromatic nitrogens is 1. The molecule has 1 aromatic carbocycles. The maximum Gasteiger partial charge on any atom is 0.355 e. The summed E-state index contributed by atoms with van der Waals surface area (Å²) >= 11 is 2.47. The number of anilines is 1. The number of benzene rings is 1. The van der Waals surface area contributed by atoms with Gasteiger partial charge in [-0.2, -0.15) is 0 Å². The number of methoxy groups -OCH3 is 1. The van der Waals surface area contributed by atoms with Crippen molar-refractivity contribution in [1.29, 1.82) is 0 Å². The molecule has 2 aliphatic rings. The molecule has 0 aliphatic carbocycles. The average molecular weight is 558 g/mol. The Labute approximate surface area is 225 Å². The first-order chi connectivity index (χ1) is 18.4. The Bertz CT molecular complexity index is 1320. The maximum absolute atomic E-state index is 13.1. The van der Waals surface area contributed by atoms with E-state index in [2.05, 4.69) is 27.4 Å². The third-order valence-electron chi connectivity index (χ3n) is 5.58. The van der Waals surface area contributed by atoms with E-state index in [1.807, 2.05) is 0 Å². The maximum atomic E-state index is 13.1. The molecule has 3 amide bonds. The molecular formula is C24H23N5O7S2. The number of rotatable bonds is 11. The van der Waals surface area contributed by atoms with Crippen LogP contribution in [0, 0.1) is 0 Å². The molecule has 1 aromatic heterocycles. The van der Waals surface area contributed by atoms with Crippen molar-refractivity contribution in [2.45, 2.75) is 18.0 Å². The number of hydrogen-bond acceptors (Lipinski definition) is 11. The standard InChI is InChI=1S/C24H23N5O7S2/c1-4-14-10-37-22-18(27-20(31)17(28-35-3)16-11-38-24(26-16)25-12-30)21(32)29(22)19(14)23(33)36-9-13-5-7-15(34-2)8-6-13/h4-8,11-12,18,22H,1,9-10H2,2-3H3,(H,27,31)(H,25,26,30)/b28-17-/t18?,22-/m1/s1. The predicted molar refractivity (Wildman–Crippen MR) is 140 cm³/mol. The Balaban J connectivity index is 1.46. The molecule has 1 unspecified atom stereocenters. The van der Waals surface area contributed by atoms with Crippen LogP contribution in [-0.2, 0) is 35.4 Å². The van der Waals surface area contributed by atoms with E-state index < -0.39 is 29.2 Å². The number of β-lactam (4-membered cyclic amide) rings is 1. The highest BCUT2D eigenvalue weighted by Crippen LogP contribution is 2.41. The van der Waals surface area contributed by atoms with Crippen molar-refractivity contribution in [2.24, 2.45) is 5.16 Å². The summed E-state index contributed by atoms with van der Waals surface area (Å²) in [7, 11) is 2.83. The molecule has 198 valence electrons. The minimum atomic E-state index is -0.920. The summed E-state index contributed by atoms with van der Waals surface area (Å²) in [4.78, 5) is 60.1. The molecule has 2 atom stereocenters. The van der Waals surface area contributed by atoms with Crippen molar-refractivity contribution >= 4 is 58.1 Å². The largest absolute Gasteiger partial charge is 0.497 e. The van der Waals surface area contributed by atoms with Crippen molar-refractivity contribution in [1.82, 2.24) is 15.2 Å². The highest BCUT2D eigenvalue weighted by atomic mass is 32.2. The highest BCUT2D eigenvalue weighted by Gasteiger charge is 2.54. The molecule has 12 nitrogen and oxygen atoms in total. The van der Waals surface area contributed by atoms with Crippen molar-refractivity contribution in [3.8, 4) is 5.75 Å². The van der Waals surface area contributed by atoms with Crippen LogP contribution in [0.4, 0.5) is 5.13 Å². The van der Waals surface area contributed by atoms with E-state index in [4.69, 9.17) is 14.3 Å². The Hall–Kier alpha value is -4.17. The third kappa shape index (κ3) is 5.40. The van der Waals surface area contributed by atoms with Gasteiger partial charge in [0, 0.05) is 11.1 Å². The molecule has 0 bridgehead atoms. The number of ether oxygens (including phenoxy) is 2. The number of amides is 3. The molecule has 0 saturated carbocycles. The van der Waals surface area contributed by atoms with Crippen LogP contribution >= 0.6 is 23.1 Å². The Kier molecular flexibility index (Phi) is 8.43. The fourth-order valence-electron chi connectivity index (χ4n) is 3.73. The number of oxime groups is 1. The second kappa shape index (κ2) is 11.9. The number of allylic oxidation sites excluding steroid dienone is 1. The van der Waals surface area contributed by atoms with E-state index in [0.717, 1.165) is 16.9 Å². The van der Waals surface area contributed by atoms with Crippen molar-refractivity contribution < 1.29 is 33.5 Å². The fraction of sp³-hybridized carbons (Fsp3) is 0.250. The minimum Gasteiger partial charge on any atom is -0.497 e. The van der Waals surface area contributed by atoms with Crippen LogP contribution in [-0.4, -0.2) is 71.2 Å². The number of esters is 1. The van der Waals surface area contributed by atoms with E-state index in [1.165, 1.54) is 35.2 Å². The van der Waals surface area contributed by atoms with E-state index in [0.29, 0.717) is 23.5 Å². The summed E-state index contributed by atoms with van der Waals surface area (Å²) in [6.07, 6.45) is 1.98. The van der Waals surface area contributed by atoms with Crippen LogP contribution in [0.3, 0.4) is 0 Å². The van der Waals surface area contributed by atoms with Crippen LogP contribution in [0.5, 0.6) is 5.75 Å². The monoisotopic (exact) mass is 557 g/mol. The average Bonchev–Trinajstić information content (AvgIpc) is 3.40. The number of thioether (sulfide) groups is 1. The van der Waals surface area contributed by atoms with Gasteiger partial charge in [0.15, 0.2) is 10.8 Å². The lowest BCUT2D eigenvalue weighted by Gasteiger charge is -2.49. The number of carbonyl (C=O) groups is 4. The van der Waals surface area contributed by atoms with Gasteiger partial charge in [-0.1, -0.05) is 29.9 Å². The first kappa shape index (κ1) is 26.9. The van der Waals surface area contributed by atoms with Gasteiger partial charge < -0.3 is 24.9 Å². The van der Waals surface area contributed by atoms with Crippen LogP contribution in [0.15, 0.2) is 58.7 Å². The third-order valence-corrected chi connectivity index (χ3v) is 7.66. The van der Waals surface area contributed by atoms with Gasteiger partial charge in [-0.05, 0) is 23.3 Å². The summed E-state index contributed by atoms with van der Waals surface area (Å²) in [6, 6.07) is 6.13. The second-order valence-corrected chi connectivity index (χ2v) is 9.75. The number of carbonyl (C=O) groups excluding carboxylic acids is 4. The van der Waals surface area contributed by atoms with E-state index >= 15 is 0 Å². The fourth-order valence-corrected chi connectivity index (χ4v) is 5.73. The van der Waals surface area contributed by atoms with E-state index in [9.17, 15) is 19.2 Å². The first-order valence-corrected chi connectivity index (χ1v) is 13.0. The van der Waals surface area contributed by atoms with Crippen LogP contribution in [0.25, 0.3) is 0 Å². The topological polar surface area (TPSA) is 149 Å². The Morgan fingerprint density at radius 3 is 2.71 bits per heavy atom. The van der Waals surface area contributed by atoms with Gasteiger partial charge in [-0.3, -0.25) is 19.3 Å².